The molecule has 0 saturated carbocycles. The van der Waals surface area contributed by atoms with Gasteiger partial charge in [-0.2, -0.15) is 0 Å². The Labute approximate surface area is 102 Å². The van der Waals surface area contributed by atoms with Crippen LogP contribution in [0.5, 0.6) is 0 Å². The average Bonchev–Trinajstić information content (AvgIpc) is 2.57. The highest BCUT2D eigenvalue weighted by Gasteiger charge is 2.13. The molecule has 1 aromatic rings. The third-order valence-corrected chi connectivity index (χ3v) is 3.76. The molecule has 1 atom stereocenters. The molecule has 0 bridgehead atoms. The zero-order chi connectivity index (χ0) is 12.1. The summed E-state index contributed by atoms with van der Waals surface area (Å²) in [4.78, 5) is 0. The van der Waals surface area contributed by atoms with Crippen molar-refractivity contribution < 1.29 is 0 Å². The maximum Gasteiger partial charge on any atom is 0.222 e. The molecule has 5 heteroatoms. The van der Waals surface area contributed by atoms with Crippen LogP contribution in [0.4, 0.5) is 5.95 Å². The molecule has 0 aromatic carbocycles. The number of thioether (sulfide) groups is 1. The van der Waals surface area contributed by atoms with Crippen LogP contribution in [0.3, 0.4) is 0 Å². The zero-order valence-corrected chi connectivity index (χ0v) is 11.4. The van der Waals surface area contributed by atoms with E-state index in [0.29, 0.717) is 17.9 Å². The molecule has 0 radical (unpaired) electrons. The van der Waals surface area contributed by atoms with Crippen LogP contribution >= 0.6 is 11.8 Å². The molecule has 1 heterocycles. The van der Waals surface area contributed by atoms with Crippen LogP contribution in [0.1, 0.15) is 46.6 Å². The van der Waals surface area contributed by atoms with E-state index >= 15 is 0 Å². The molecule has 92 valence electrons. The summed E-state index contributed by atoms with van der Waals surface area (Å²) in [6, 6.07) is 0.319. The highest BCUT2D eigenvalue weighted by molar-refractivity contribution is 7.99. The molecule has 0 aliphatic rings. The molecule has 0 saturated heterocycles. The van der Waals surface area contributed by atoms with E-state index in [4.69, 9.17) is 5.73 Å². The van der Waals surface area contributed by atoms with E-state index in [1.165, 1.54) is 12.8 Å². The summed E-state index contributed by atoms with van der Waals surface area (Å²) in [6.45, 7) is 8.68. The van der Waals surface area contributed by atoms with E-state index in [0.717, 1.165) is 10.9 Å². The Morgan fingerprint density at radius 1 is 1.31 bits per heavy atom. The van der Waals surface area contributed by atoms with Crippen molar-refractivity contribution in [2.24, 2.45) is 5.92 Å². The lowest BCUT2D eigenvalue weighted by atomic mass is 10.1. The van der Waals surface area contributed by atoms with Crippen LogP contribution < -0.4 is 5.73 Å². The molecule has 2 N–H and O–H groups in total. The largest absolute Gasteiger partial charge is 0.368 e. The molecule has 0 fully saturated rings. The van der Waals surface area contributed by atoms with Gasteiger partial charge in [-0.3, -0.25) is 4.57 Å². The van der Waals surface area contributed by atoms with Gasteiger partial charge in [0.05, 0.1) is 0 Å². The van der Waals surface area contributed by atoms with Gasteiger partial charge in [0.15, 0.2) is 5.16 Å². The van der Waals surface area contributed by atoms with Crippen LogP contribution in [-0.2, 0) is 0 Å². The van der Waals surface area contributed by atoms with E-state index in [-0.39, 0.29) is 0 Å². The van der Waals surface area contributed by atoms with Gasteiger partial charge in [-0.25, -0.2) is 0 Å². The Bertz CT molecular complexity index is 322. The number of aromatic nitrogens is 3. The van der Waals surface area contributed by atoms with Crippen molar-refractivity contribution in [3.8, 4) is 0 Å². The minimum absolute atomic E-state index is 0.319. The van der Waals surface area contributed by atoms with Crippen LogP contribution in [-0.4, -0.2) is 20.5 Å². The van der Waals surface area contributed by atoms with Gasteiger partial charge in [0.25, 0.3) is 0 Å². The van der Waals surface area contributed by atoms with Crippen molar-refractivity contribution in [3.05, 3.63) is 0 Å². The second kappa shape index (κ2) is 6.13. The van der Waals surface area contributed by atoms with Crippen molar-refractivity contribution in [2.45, 2.75) is 51.7 Å². The number of hydrogen-bond acceptors (Lipinski definition) is 4. The second-order valence-corrected chi connectivity index (χ2v) is 5.50. The highest BCUT2D eigenvalue weighted by Crippen LogP contribution is 2.25. The normalized spacial score (nSPS) is 13.3. The molecule has 0 aliphatic heterocycles. The van der Waals surface area contributed by atoms with Gasteiger partial charge in [-0.1, -0.05) is 38.5 Å². The van der Waals surface area contributed by atoms with Crippen molar-refractivity contribution in [2.75, 3.05) is 11.5 Å². The first kappa shape index (κ1) is 13.4. The summed E-state index contributed by atoms with van der Waals surface area (Å²) in [5.41, 5.74) is 5.78. The lowest BCUT2D eigenvalue weighted by Crippen LogP contribution is -2.08. The topological polar surface area (TPSA) is 56.7 Å². The molecular formula is C11H22N4S. The van der Waals surface area contributed by atoms with E-state index < -0.39 is 0 Å². The number of nitrogen functional groups attached to an aromatic ring is 1. The molecule has 0 amide bonds. The maximum absolute atomic E-state index is 5.78. The van der Waals surface area contributed by atoms with E-state index in [9.17, 15) is 0 Å². The van der Waals surface area contributed by atoms with Crippen LogP contribution in [0.15, 0.2) is 5.16 Å². The Hall–Kier alpha value is -0.710. The monoisotopic (exact) mass is 242 g/mol. The Kier molecular flexibility index (Phi) is 5.12. The molecule has 0 aliphatic carbocycles. The standard InChI is InChI=1S/C11H22N4S/c1-5-6-9(4)7-16-11-14-13-10(12)15(11)8(2)3/h8-9H,5-7H2,1-4H3,(H2,12,13). The SMILES string of the molecule is CCCC(C)CSc1nnc(N)n1C(C)C. The van der Waals surface area contributed by atoms with Gasteiger partial charge in [-0.15, -0.1) is 10.2 Å². The fraction of sp³-hybridized carbons (Fsp3) is 0.818. The second-order valence-electron chi connectivity index (χ2n) is 4.51. The summed E-state index contributed by atoms with van der Waals surface area (Å²) in [5.74, 6) is 2.31. The first-order valence-corrected chi connectivity index (χ1v) is 6.88. The predicted molar refractivity (Wildman–Crippen MR) is 69.6 cm³/mol. The Morgan fingerprint density at radius 3 is 2.56 bits per heavy atom. The Morgan fingerprint density at radius 2 is 2.00 bits per heavy atom. The van der Waals surface area contributed by atoms with Gasteiger partial charge in [-0.05, 0) is 19.8 Å². The zero-order valence-electron chi connectivity index (χ0n) is 10.6. The summed E-state index contributed by atoms with van der Waals surface area (Å²) in [5, 5.41) is 8.99. The van der Waals surface area contributed by atoms with Crippen molar-refractivity contribution in [3.63, 3.8) is 0 Å². The lowest BCUT2D eigenvalue weighted by Gasteiger charge is -2.13. The van der Waals surface area contributed by atoms with E-state index in [1.807, 2.05) is 4.57 Å². The van der Waals surface area contributed by atoms with Crippen LogP contribution in [0, 0.1) is 5.92 Å². The van der Waals surface area contributed by atoms with E-state index in [2.05, 4.69) is 37.9 Å². The minimum atomic E-state index is 0.319. The van der Waals surface area contributed by atoms with Crippen LogP contribution in [0.2, 0.25) is 0 Å². The number of rotatable bonds is 6. The molecule has 1 aromatic heterocycles. The fourth-order valence-electron chi connectivity index (χ4n) is 1.67. The Balaban J connectivity index is 2.60. The van der Waals surface area contributed by atoms with Gasteiger partial charge < -0.3 is 5.73 Å². The molecular weight excluding hydrogens is 220 g/mol. The first-order valence-electron chi connectivity index (χ1n) is 5.89. The van der Waals surface area contributed by atoms with Crippen LogP contribution in [0.25, 0.3) is 0 Å². The van der Waals surface area contributed by atoms with Gasteiger partial charge in [0.1, 0.15) is 0 Å². The number of nitrogens with two attached hydrogens (primary N) is 1. The van der Waals surface area contributed by atoms with Gasteiger partial charge >= 0.3 is 0 Å². The van der Waals surface area contributed by atoms with Crippen molar-refractivity contribution >= 4 is 17.7 Å². The highest BCUT2D eigenvalue weighted by atomic mass is 32.2. The number of hydrogen-bond donors (Lipinski definition) is 1. The number of anilines is 1. The minimum Gasteiger partial charge on any atom is -0.368 e. The van der Waals surface area contributed by atoms with Crippen molar-refractivity contribution in [1.82, 2.24) is 14.8 Å². The fourth-order valence-corrected chi connectivity index (χ4v) is 2.81. The van der Waals surface area contributed by atoms with Crippen molar-refractivity contribution in [1.29, 1.82) is 0 Å². The lowest BCUT2D eigenvalue weighted by molar-refractivity contribution is 0.552. The van der Waals surface area contributed by atoms with E-state index in [1.54, 1.807) is 11.8 Å². The van der Waals surface area contributed by atoms with Gasteiger partial charge in [0, 0.05) is 11.8 Å². The third kappa shape index (κ3) is 3.40. The summed E-state index contributed by atoms with van der Waals surface area (Å²) < 4.78 is 1.99. The summed E-state index contributed by atoms with van der Waals surface area (Å²) in [6.07, 6.45) is 2.50. The quantitative estimate of drug-likeness (QED) is 0.779. The molecule has 1 rings (SSSR count). The predicted octanol–water partition coefficient (Wildman–Crippen LogP) is 2.97. The molecule has 1 unspecified atom stereocenters. The first-order chi connectivity index (χ1) is 7.56. The smallest absolute Gasteiger partial charge is 0.222 e. The molecule has 16 heavy (non-hydrogen) atoms. The average molecular weight is 242 g/mol. The summed E-state index contributed by atoms with van der Waals surface area (Å²) >= 11 is 1.75. The maximum atomic E-state index is 5.78. The molecule has 4 nitrogen and oxygen atoms in total. The number of nitrogens with zero attached hydrogens (tertiary/aromatic N) is 3. The molecule has 0 spiro atoms. The van der Waals surface area contributed by atoms with Gasteiger partial charge in [0.2, 0.25) is 5.95 Å². The third-order valence-electron chi connectivity index (χ3n) is 2.49. The summed E-state index contributed by atoms with van der Waals surface area (Å²) in [7, 11) is 0.